The molecular formula is C25H33ClN5O6P. The molecule has 2 saturated carbocycles. The Morgan fingerprint density at radius 2 is 1.97 bits per heavy atom. The molecule has 2 aliphatic carbocycles. The van der Waals surface area contributed by atoms with Crippen LogP contribution in [0.15, 0.2) is 24.4 Å². The van der Waals surface area contributed by atoms with Gasteiger partial charge in [0.1, 0.15) is 11.4 Å². The Kier molecular flexibility index (Phi) is 7.96. The Labute approximate surface area is 226 Å². The van der Waals surface area contributed by atoms with Gasteiger partial charge in [-0.15, -0.1) is 0 Å². The summed E-state index contributed by atoms with van der Waals surface area (Å²) in [5, 5.41) is 16.2. The number of hydrogen-bond donors (Lipinski definition) is 5. The molecule has 2 aromatic rings. The van der Waals surface area contributed by atoms with E-state index in [9.17, 15) is 14.5 Å². The van der Waals surface area contributed by atoms with Crippen LogP contribution < -0.4 is 15.5 Å². The molecule has 0 atom stereocenters. The van der Waals surface area contributed by atoms with Crippen molar-refractivity contribution in [3.8, 4) is 0 Å². The molecule has 13 heteroatoms. The van der Waals surface area contributed by atoms with Gasteiger partial charge in [0.15, 0.2) is 0 Å². The summed E-state index contributed by atoms with van der Waals surface area (Å²) in [7, 11) is -4.53. The number of aliphatic hydroxyl groups excluding tert-OH is 1. The highest BCUT2D eigenvalue weighted by atomic mass is 35.5. The van der Waals surface area contributed by atoms with E-state index in [4.69, 9.17) is 30.9 Å². The van der Waals surface area contributed by atoms with Gasteiger partial charge in [0.25, 0.3) is 5.91 Å². The summed E-state index contributed by atoms with van der Waals surface area (Å²) in [5.74, 6) is 0.703. The van der Waals surface area contributed by atoms with Crippen LogP contribution in [0.4, 0.5) is 11.8 Å². The molecule has 5 rings (SSSR count). The first kappa shape index (κ1) is 27.3. The third-order valence-corrected chi connectivity index (χ3v) is 8.67. The molecule has 3 aliphatic rings. The van der Waals surface area contributed by atoms with E-state index in [1.807, 2.05) is 6.07 Å². The highest BCUT2D eigenvalue weighted by molar-refractivity contribution is 7.46. The first-order valence-electron chi connectivity index (χ1n) is 12.9. The number of rotatable bonds is 9. The van der Waals surface area contributed by atoms with Gasteiger partial charge in [0.05, 0.1) is 12.7 Å². The topological polar surface area (TPSA) is 157 Å². The molecule has 0 radical (unpaired) electrons. The van der Waals surface area contributed by atoms with Gasteiger partial charge in [-0.2, -0.15) is 4.98 Å². The Hall–Kier alpha value is -2.27. The van der Waals surface area contributed by atoms with Gasteiger partial charge in [-0.05, 0) is 67.6 Å². The maximum atomic E-state index is 13.3. The summed E-state index contributed by atoms with van der Waals surface area (Å²) in [5.41, 5.74) is 2.24. The fraction of sp³-hybridized carbons (Fsp3) is 0.560. The van der Waals surface area contributed by atoms with Crippen LogP contribution in [-0.2, 0) is 22.2 Å². The summed E-state index contributed by atoms with van der Waals surface area (Å²) in [4.78, 5) is 42.8. The minimum absolute atomic E-state index is 0.142. The Morgan fingerprint density at radius 1 is 1.21 bits per heavy atom. The van der Waals surface area contributed by atoms with Gasteiger partial charge >= 0.3 is 7.82 Å². The molecule has 1 aromatic heterocycles. The van der Waals surface area contributed by atoms with Crippen molar-refractivity contribution in [2.45, 2.75) is 70.2 Å². The SMILES string of the molecule is O=C(N[C@H]1CC[C@@H](OP(=O)(O)O)CC1)c1cnc(N2CCC3(CC3)C2)nc1NCc1ccc(CO)c(Cl)c1. The molecule has 5 N–H and O–H groups in total. The highest BCUT2D eigenvalue weighted by Crippen LogP contribution is 2.53. The Balaban J connectivity index is 1.29. The van der Waals surface area contributed by atoms with E-state index in [0.717, 1.165) is 25.1 Å². The summed E-state index contributed by atoms with van der Waals surface area (Å²) in [6, 6.07) is 5.26. The van der Waals surface area contributed by atoms with Gasteiger partial charge in [-0.3, -0.25) is 9.32 Å². The zero-order chi connectivity index (χ0) is 26.9. The van der Waals surface area contributed by atoms with Crippen molar-refractivity contribution >= 4 is 37.1 Å². The van der Waals surface area contributed by atoms with Crippen LogP contribution in [0.5, 0.6) is 0 Å². The second kappa shape index (κ2) is 11.1. The van der Waals surface area contributed by atoms with Crippen LogP contribution in [0, 0.1) is 5.41 Å². The lowest BCUT2D eigenvalue weighted by molar-refractivity contribution is 0.0820. The van der Waals surface area contributed by atoms with Crippen molar-refractivity contribution in [3.63, 3.8) is 0 Å². The van der Waals surface area contributed by atoms with Gasteiger partial charge in [0, 0.05) is 36.9 Å². The van der Waals surface area contributed by atoms with Crippen LogP contribution in [-0.4, -0.2) is 56.0 Å². The fourth-order valence-electron chi connectivity index (χ4n) is 5.30. The van der Waals surface area contributed by atoms with Gasteiger partial charge in [-0.25, -0.2) is 9.55 Å². The second-order valence-corrected chi connectivity index (χ2v) is 12.2. The average Bonchev–Trinajstić information content (AvgIpc) is 3.51. The van der Waals surface area contributed by atoms with Crippen LogP contribution in [0.3, 0.4) is 0 Å². The lowest BCUT2D eigenvalue weighted by atomic mass is 9.93. The molecule has 2 heterocycles. The van der Waals surface area contributed by atoms with Crippen molar-refractivity contribution in [1.29, 1.82) is 0 Å². The quantitative estimate of drug-likeness (QED) is 0.285. The molecule has 1 spiro atoms. The van der Waals surface area contributed by atoms with Gasteiger partial charge in [0.2, 0.25) is 5.95 Å². The van der Waals surface area contributed by atoms with Crippen molar-refractivity contribution in [2.75, 3.05) is 23.3 Å². The molecule has 1 saturated heterocycles. The number of hydrogen-bond acceptors (Lipinski definition) is 8. The van der Waals surface area contributed by atoms with Crippen LogP contribution in [0.2, 0.25) is 5.02 Å². The van der Waals surface area contributed by atoms with Crippen LogP contribution in [0.1, 0.15) is 66.4 Å². The predicted octanol–water partition coefficient (Wildman–Crippen LogP) is 3.38. The second-order valence-electron chi connectivity index (χ2n) is 10.6. The maximum Gasteiger partial charge on any atom is 0.469 e. The fourth-order valence-corrected chi connectivity index (χ4v) is 6.16. The number of nitrogens with one attached hydrogen (secondary N) is 2. The monoisotopic (exact) mass is 565 g/mol. The molecule has 38 heavy (non-hydrogen) atoms. The lowest BCUT2D eigenvalue weighted by Gasteiger charge is -2.29. The van der Waals surface area contributed by atoms with E-state index in [1.54, 1.807) is 18.3 Å². The summed E-state index contributed by atoms with van der Waals surface area (Å²) < 4.78 is 15.9. The van der Waals surface area contributed by atoms with Crippen molar-refractivity contribution in [3.05, 3.63) is 46.1 Å². The molecule has 1 amide bonds. The standard InChI is InChI=1S/C25H33ClN5O6P/c26-21-11-16(1-2-17(21)14-32)12-27-22-20(13-28-24(30-22)31-10-9-25(15-31)7-8-25)23(33)29-18-3-5-19(6-4-18)37-38(34,35)36/h1-2,11,13,18-19,32H,3-10,12,14-15H2,(H,29,33)(H,27,28,30)(H2,34,35,36)/t18-,19+. The number of phosphoric ester groups is 1. The molecule has 0 bridgehead atoms. The van der Waals surface area contributed by atoms with Gasteiger partial charge < -0.3 is 30.4 Å². The number of amides is 1. The molecule has 0 unspecified atom stereocenters. The summed E-state index contributed by atoms with van der Waals surface area (Å²) >= 11 is 6.25. The molecular weight excluding hydrogens is 533 g/mol. The minimum atomic E-state index is -4.53. The molecule has 11 nitrogen and oxygen atoms in total. The number of nitrogens with zero attached hydrogens (tertiary/aromatic N) is 3. The zero-order valence-corrected chi connectivity index (χ0v) is 22.6. The number of carbonyl (C=O) groups is 1. The number of benzene rings is 1. The van der Waals surface area contributed by atoms with Crippen molar-refractivity contribution in [1.82, 2.24) is 15.3 Å². The number of carbonyl (C=O) groups excluding carboxylic acids is 1. The largest absolute Gasteiger partial charge is 0.469 e. The third kappa shape index (κ3) is 6.65. The van der Waals surface area contributed by atoms with Crippen LogP contribution >= 0.6 is 19.4 Å². The van der Waals surface area contributed by atoms with E-state index in [-0.39, 0.29) is 18.6 Å². The van der Waals surface area contributed by atoms with Crippen LogP contribution in [0.25, 0.3) is 0 Å². The number of aliphatic hydroxyl groups is 1. The third-order valence-electron chi connectivity index (χ3n) is 7.74. The Bertz CT molecular complexity index is 1230. The van der Waals surface area contributed by atoms with E-state index in [0.29, 0.717) is 65.6 Å². The van der Waals surface area contributed by atoms with E-state index in [2.05, 4.69) is 20.5 Å². The van der Waals surface area contributed by atoms with Crippen molar-refractivity contribution in [2.24, 2.45) is 5.41 Å². The number of halogens is 1. The average molecular weight is 566 g/mol. The first-order valence-corrected chi connectivity index (χ1v) is 14.8. The summed E-state index contributed by atoms with van der Waals surface area (Å²) in [6.45, 7) is 2.05. The highest BCUT2D eigenvalue weighted by Gasteiger charge is 2.48. The maximum absolute atomic E-state index is 13.3. The number of aromatic nitrogens is 2. The molecule has 1 aliphatic heterocycles. The molecule has 3 fully saturated rings. The summed E-state index contributed by atoms with van der Waals surface area (Å²) in [6.07, 6.45) is 6.61. The van der Waals surface area contributed by atoms with Crippen molar-refractivity contribution < 1.29 is 28.8 Å². The molecule has 206 valence electrons. The van der Waals surface area contributed by atoms with E-state index in [1.165, 1.54) is 12.8 Å². The van der Waals surface area contributed by atoms with Gasteiger partial charge in [-0.1, -0.05) is 23.7 Å². The zero-order valence-electron chi connectivity index (χ0n) is 21.0. The predicted molar refractivity (Wildman–Crippen MR) is 142 cm³/mol. The van der Waals surface area contributed by atoms with E-state index < -0.39 is 13.9 Å². The minimum Gasteiger partial charge on any atom is -0.392 e. The smallest absolute Gasteiger partial charge is 0.392 e. The number of anilines is 2. The lowest BCUT2D eigenvalue weighted by Crippen LogP contribution is -2.39. The molecule has 1 aromatic carbocycles. The van der Waals surface area contributed by atoms with E-state index >= 15 is 0 Å². The number of phosphoric acid groups is 1. The Morgan fingerprint density at radius 3 is 2.61 bits per heavy atom. The normalized spacial score (nSPS) is 22.5. The first-order chi connectivity index (χ1) is 18.1.